The van der Waals surface area contributed by atoms with Crippen molar-refractivity contribution < 1.29 is 14.6 Å². The Hall–Kier alpha value is -3.01. The smallest absolute Gasteiger partial charge is 0.335 e. The summed E-state index contributed by atoms with van der Waals surface area (Å²) in [4.78, 5) is 11.3. The van der Waals surface area contributed by atoms with E-state index in [2.05, 4.69) is 30.1 Å². The number of nitrogens with one attached hydrogen (secondary N) is 1. The molecule has 4 heteroatoms. The Morgan fingerprint density at radius 1 is 1.27 bits per heavy atom. The molecule has 0 unspecified atom stereocenters. The van der Waals surface area contributed by atoms with Crippen molar-refractivity contribution in [1.82, 2.24) is 0 Å². The fourth-order valence-electron chi connectivity index (χ4n) is 4.05. The van der Waals surface area contributed by atoms with Crippen molar-refractivity contribution in [2.45, 2.75) is 18.4 Å². The summed E-state index contributed by atoms with van der Waals surface area (Å²) in [6, 6.07) is 13.5. The molecule has 0 saturated heterocycles. The molecule has 2 aliphatic rings. The molecular weight excluding hydrogens is 326 g/mol. The van der Waals surface area contributed by atoms with Gasteiger partial charge in [-0.2, -0.15) is 0 Å². The number of rotatable bonds is 5. The lowest BCUT2D eigenvalue weighted by Gasteiger charge is -2.38. The number of para-hydroxylation sites is 1. The zero-order valence-corrected chi connectivity index (χ0v) is 14.4. The molecule has 0 bridgehead atoms. The van der Waals surface area contributed by atoms with E-state index in [4.69, 9.17) is 4.74 Å². The van der Waals surface area contributed by atoms with Crippen molar-refractivity contribution in [2.24, 2.45) is 5.92 Å². The van der Waals surface area contributed by atoms with Gasteiger partial charge in [0.05, 0.1) is 11.6 Å². The molecule has 0 spiro atoms. The summed E-state index contributed by atoms with van der Waals surface area (Å²) in [6.45, 7) is 4.19. The van der Waals surface area contributed by atoms with Crippen LogP contribution in [0.15, 0.2) is 67.3 Å². The van der Waals surface area contributed by atoms with Gasteiger partial charge < -0.3 is 15.2 Å². The van der Waals surface area contributed by atoms with Gasteiger partial charge in [0.25, 0.3) is 0 Å². The molecule has 132 valence electrons. The first-order chi connectivity index (χ1) is 12.7. The van der Waals surface area contributed by atoms with Crippen LogP contribution in [0.4, 0.5) is 5.69 Å². The maximum atomic E-state index is 11.3. The topological polar surface area (TPSA) is 58.6 Å². The molecular formula is C22H21NO3. The summed E-state index contributed by atoms with van der Waals surface area (Å²) in [5.41, 5.74) is 3.51. The van der Waals surface area contributed by atoms with Gasteiger partial charge in [0.1, 0.15) is 12.4 Å². The highest BCUT2D eigenvalue weighted by atomic mass is 16.5. The second-order valence-electron chi connectivity index (χ2n) is 6.72. The Kier molecular flexibility index (Phi) is 4.25. The molecule has 2 N–H and O–H groups in total. The second-order valence-corrected chi connectivity index (χ2v) is 6.72. The minimum absolute atomic E-state index is 0.110. The summed E-state index contributed by atoms with van der Waals surface area (Å²) in [5, 5.41) is 12.9. The summed E-state index contributed by atoms with van der Waals surface area (Å²) >= 11 is 0. The number of carboxylic acids is 1. The first-order valence-corrected chi connectivity index (χ1v) is 8.82. The highest BCUT2D eigenvalue weighted by Gasteiger charge is 2.39. The molecule has 4 nitrogen and oxygen atoms in total. The van der Waals surface area contributed by atoms with Crippen molar-refractivity contribution in [3.63, 3.8) is 0 Å². The van der Waals surface area contributed by atoms with Crippen LogP contribution in [-0.4, -0.2) is 17.7 Å². The predicted octanol–water partition coefficient (Wildman–Crippen LogP) is 4.78. The average Bonchev–Trinajstić information content (AvgIpc) is 3.15. The number of hydrogen-bond donors (Lipinski definition) is 2. The van der Waals surface area contributed by atoms with Crippen LogP contribution in [0.5, 0.6) is 5.75 Å². The summed E-state index contributed by atoms with van der Waals surface area (Å²) in [6.07, 6.45) is 7.10. The Labute approximate surface area is 152 Å². The largest absolute Gasteiger partial charge is 0.489 e. The molecule has 2 aromatic rings. The third-order valence-corrected chi connectivity index (χ3v) is 5.22. The van der Waals surface area contributed by atoms with E-state index < -0.39 is 5.97 Å². The molecule has 0 amide bonds. The van der Waals surface area contributed by atoms with Crippen LogP contribution < -0.4 is 10.1 Å². The average molecular weight is 347 g/mol. The van der Waals surface area contributed by atoms with Gasteiger partial charge in [-0.15, -0.1) is 0 Å². The Balaban J connectivity index is 1.75. The molecule has 2 aromatic carbocycles. The van der Waals surface area contributed by atoms with E-state index in [1.165, 1.54) is 0 Å². The van der Waals surface area contributed by atoms with E-state index in [-0.39, 0.29) is 12.0 Å². The number of fused-ring (bicyclic) bond motifs is 3. The fourth-order valence-corrected chi connectivity index (χ4v) is 4.05. The molecule has 0 fully saturated rings. The Morgan fingerprint density at radius 3 is 2.92 bits per heavy atom. The van der Waals surface area contributed by atoms with Crippen LogP contribution in [-0.2, 0) is 0 Å². The van der Waals surface area contributed by atoms with Crippen LogP contribution in [0.1, 0.15) is 39.9 Å². The van der Waals surface area contributed by atoms with Crippen molar-refractivity contribution in [1.29, 1.82) is 0 Å². The van der Waals surface area contributed by atoms with Crippen molar-refractivity contribution in [2.75, 3.05) is 11.9 Å². The fraction of sp³-hybridized carbons (Fsp3) is 0.227. The van der Waals surface area contributed by atoms with Gasteiger partial charge in [-0.25, -0.2) is 4.79 Å². The Morgan fingerprint density at radius 2 is 2.12 bits per heavy atom. The van der Waals surface area contributed by atoms with Gasteiger partial charge in [-0.1, -0.05) is 43.0 Å². The van der Waals surface area contributed by atoms with Gasteiger partial charge in [0.15, 0.2) is 0 Å². The van der Waals surface area contributed by atoms with Gasteiger partial charge in [-0.3, -0.25) is 0 Å². The number of ether oxygens (including phenoxy) is 1. The number of anilines is 1. The van der Waals surface area contributed by atoms with Crippen LogP contribution in [0.25, 0.3) is 0 Å². The maximum absolute atomic E-state index is 11.3. The number of benzene rings is 2. The highest BCUT2D eigenvalue weighted by Crippen LogP contribution is 2.51. The molecule has 0 radical (unpaired) electrons. The van der Waals surface area contributed by atoms with E-state index in [0.29, 0.717) is 18.1 Å². The van der Waals surface area contributed by atoms with Crippen LogP contribution in [0.3, 0.4) is 0 Å². The van der Waals surface area contributed by atoms with Gasteiger partial charge >= 0.3 is 5.97 Å². The van der Waals surface area contributed by atoms with E-state index >= 15 is 0 Å². The quantitative estimate of drug-likeness (QED) is 0.765. The van der Waals surface area contributed by atoms with E-state index in [0.717, 1.165) is 29.0 Å². The third-order valence-electron chi connectivity index (χ3n) is 5.22. The number of hydrogen-bond acceptors (Lipinski definition) is 3. The lowest BCUT2D eigenvalue weighted by atomic mass is 9.76. The third kappa shape index (κ3) is 2.77. The zero-order valence-electron chi connectivity index (χ0n) is 14.4. The van der Waals surface area contributed by atoms with Crippen LogP contribution in [0.2, 0.25) is 0 Å². The van der Waals surface area contributed by atoms with Crippen LogP contribution >= 0.6 is 0 Å². The van der Waals surface area contributed by atoms with Crippen molar-refractivity contribution in [3.8, 4) is 5.75 Å². The highest BCUT2D eigenvalue weighted by molar-refractivity contribution is 5.89. The van der Waals surface area contributed by atoms with Gasteiger partial charge in [-0.05, 0) is 42.2 Å². The molecule has 1 heterocycles. The molecule has 0 aromatic heterocycles. The minimum atomic E-state index is -0.892. The summed E-state index contributed by atoms with van der Waals surface area (Å²) in [7, 11) is 0. The molecule has 3 atom stereocenters. The zero-order chi connectivity index (χ0) is 18.1. The predicted molar refractivity (Wildman–Crippen MR) is 102 cm³/mol. The monoisotopic (exact) mass is 347 g/mol. The number of carboxylic acid groups (broad SMARTS) is 1. The summed E-state index contributed by atoms with van der Waals surface area (Å²) < 4.78 is 5.87. The van der Waals surface area contributed by atoms with Gasteiger partial charge in [0.2, 0.25) is 0 Å². The maximum Gasteiger partial charge on any atom is 0.335 e. The number of carbonyl (C=O) groups is 1. The summed E-state index contributed by atoms with van der Waals surface area (Å²) in [5.74, 6) is 0.515. The molecule has 1 aliphatic carbocycles. The van der Waals surface area contributed by atoms with E-state index in [1.807, 2.05) is 24.3 Å². The van der Waals surface area contributed by atoms with Crippen LogP contribution in [0, 0.1) is 5.92 Å². The van der Waals surface area contributed by atoms with E-state index in [1.54, 1.807) is 18.2 Å². The van der Waals surface area contributed by atoms with Crippen molar-refractivity contribution >= 4 is 11.7 Å². The molecule has 4 rings (SSSR count). The lowest BCUT2D eigenvalue weighted by molar-refractivity contribution is 0.0696. The first-order valence-electron chi connectivity index (χ1n) is 8.82. The second kappa shape index (κ2) is 6.71. The standard InChI is InChI=1S/C22H21NO3/c1-2-12-26-20-9-4-3-6-17(20)21-16-8-5-7-15(16)18-13-14(22(24)25)10-11-19(18)23-21/h2-7,9-11,13,15-16,21,23H,1,8,12H2,(H,24,25)/t15-,16-,21-/m1/s1. The SMILES string of the molecule is C=CCOc1ccccc1[C@@H]1Nc2ccc(C(=O)O)cc2[C@@H]2C=CC[C@H]21. The number of allylic oxidation sites excluding steroid dienone is 2. The molecule has 26 heavy (non-hydrogen) atoms. The number of aromatic carboxylic acids is 1. The van der Waals surface area contributed by atoms with Gasteiger partial charge in [0, 0.05) is 17.2 Å². The van der Waals surface area contributed by atoms with Crippen molar-refractivity contribution in [3.05, 3.63) is 84.0 Å². The normalized spacial score (nSPS) is 22.8. The molecule has 0 saturated carbocycles. The van der Waals surface area contributed by atoms with E-state index in [9.17, 15) is 9.90 Å². The lowest BCUT2D eigenvalue weighted by Crippen LogP contribution is -2.29. The minimum Gasteiger partial charge on any atom is -0.489 e. The Bertz CT molecular complexity index is 887. The first kappa shape index (κ1) is 16.5. The molecule has 1 aliphatic heterocycles.